The fraction of sp³-hybridized carbons (Fsp3) is 0.333. The molecular weight excluding hydrogens is 460 g/mol. The van der Waals surface area contributed by atoms with Crippen molar-refractivity contribution in [2.75, 3.05) is 5.32 Å². The Balaban J connectivity index is 1.51. The first kappa shape index (κ1) is 23.5. The van der Waals surface area contributed by atoms with Crippen LogP contribution >= 0.6 is 11.6 Å². The van der Waals surface area contributed by atoms with Crippen molar-refractivity contribution in [2.24, 2.45) is 5.73 Å². The summed E-state index contributed by atoms with van der Waals surface area (Å²) in [6, 6.07) is 14.0. The van der Waals surface area contributed by atoms with Gasteiger partial charge in [0.15, 0.2) is 0 Å². The fourth-order valence-corrected chi connectivity index (χ4v) is 5.04. The van der Waals surface area contributed by atoms with E-state index < -0.39 is 0 Å². The van der Waals surface area contributed by atoms with Crippen molar-refractivity contribution < 1.29 is 0 Å². The van der Waals surface area contributed by atoms with E-state index in [2.05, 4.69) is 15.3 Å². The molecule has 3 aromatic heterocycles. The molecule has 3 N–H and O–H groups in total. The van der Waals surface area contributed by atoms with E-state index in [0.717, 1.165) is 48.0 Å². The van der Waals surface area contributed by atoms with Gasteiger partial charge in [-0.15, -0.1) is 0 Å². The second-order valence-electron chi connectivity index (χ2n) is 9.19. The number of halogens is 1. The second-order valence-corrected chi connectivity index (χ2v) is 9.60. The summed E-state index contributed by atoms with van der Waals surface area (Å²) in [5, 5.41) is 4.71. The largest absolute Gasteiger partial charge is 0.351 e. The van der Waals surface area contributed by atoms with Crippen molar-refractivity contribution in [1.29, 1.82) is 0 Å². The quantitative estimate of drug-likeness (QED) is 0.401. The van der Waals surface area contributed by atoms with Crippen molar-refractivity contribution in [3.05, 3.63) is 69.7 Å². The lowest BCUT2D eigenvalue weighted by atomic mass is 9.92. The highest BCUT2D eigenvalue weighted by atomic mass is 35.5. The van der Waals surface area contributed by atoms with Crippen LogP contribution in [0.25, 0.3) is 33.4 Å². The molecular formula is C27H29ClN6O. The Morgan fingerprint density at radius 2 is 1.89 bits per heavy atom. The van der Waals surface area contributed by atoms with Gasteiger partial charge in [0.25, 0.3) is 5.56 Å². The molecule has 0 bridgehead atoms. The van der Waals surface area contributed by atoms with Gasteiger partial charge in [0.1, 0.15) is 5.65 Å². The lowest BCUT2D eigenvalue weighted by Crippen LogP contribution is -2.33. The molecule has 4 aromatic rings. The number of anilines is 1. The number of hydrogen-bond donors (Lipinski definition) is 2. The number of nitrogens with two attached hydrogens (primary N) is 1. The number of nitrogens with zero attached hydrogens (tertiary/aromatic N) is 4. The van der Waals surface area contributed by atoms with Gasteiger partial charge in [-0.25, -0.2) is 4.98 Å². The molecule has 1 aliphatic rings. The van der Waals surface area contributed by atoms with E-state index in [1.807, 2.05) is 56.3 Å². The molecule has 1 aliphatic carbocycles. The third-order valence-corrected chi connectivity index (χ3v) is 7.00. The first-order chi connectivity index (χ1) is 16.9. The van der Waals surface area contributed by atoms with Crippen molar-refractivity contribution in [2.45, 2.75) is 58.2 Å². The highest BCUT2D eigenvalue weighted by Crippen LogP contribution is 2.31. The summed E-state index contributed by atoms with van der Waals surface area (Å²) >= 11 is 6.69. The molecule has 0 spiro atoms. The summed E-state index contributed by atoms with van der Waals surface area (Å²) in [6.07, 6.45) is 5.75. The third kappa shape index (κ3) is 4.79. The highest BCUT2D eigenvalue weighted by Gasteiger charge is 2.20. The van der Waals surface area contributed by atoms with Gasteiger partial charge in [-0.05, 0) is 63.8 Å². The number of aromatic nitrogens is 4. The number of aryl methyl sites for hydroxylation is 2. The van der Waals surface area contributed by atoms with E-state index in [0.29, 0.717) is 40.3 Å². The van der Waals surface area contributed by atoms with E-state index in [9.17, 15) is 4.79 Å². The van der Waals surface area contributed by atoms with Crippen LogP contribution in [-0.2, 0) is 6.54 Å². The monoisotopic (exact) mass is 488 g/mol. The normalized spacial score (nSPS) is 18.1. The summed E-state index contributed by atoms with van der Waals surface area (Å²) in [7, 11) is 0. The molecule has 0 amide bonds. The Morgan fingerprint density at radius 3 is 2.60 bits per heavy atom. The zero-order valence-corrected chi connectivity index (χ0v) is 20.7. The summed E-state index contributed by atoms with van der Waals surface area (Å²) in [5.74, 6) is 0.542. The van der Waals surface area contributed by atoms with E-state index in [1.165, 1.54) is 0 Å². The number of benzene rings is 1. The first-order valence-corrected chi connectivity index (χ1v) is 12.5. The van der Waals surface area contributed by atoms with Gasteiger partial charge in [0, 0.05) is 57.6 Å². The number of nitrogens with one attached hydrogen (secondary N) is 1. The van der Waals surface area contributed by atoms with Gasteiger partial charge >= 0.3 is 0 Å². The van der Waals surface area contributed by atoms with Crippen molar-refractivity contribution in [1.82, 2.24) is 19.5 Å². The Labute approximate surface area is 209 Å². The zero-order chi connectivity index (χ0) is 24.5. The second kappa shape index (κ2) is 9.76. The van der Waals surface area contributed by atoms with Gasteiger partial charge in [0.2, 0.25) is 5.95 Å². The summed E-state index contributed by atoms with van der Waals surface area (Å²) in [6.45, 7) is 4.38. The topological polar surface area (TPSA) is 98.7 Å². The van der Waals surface area contributed by atoms with Crippen molar-refractivity contribution in [3.63, 3.8) is 0 Å². The van der Waals surface area contributed by atoms with Gasteiger partial charge in [-0.3, -0.25) is 14.3 Å². The van der Waals surface area contributed by atoms with E-state index in [1.54, 1.807) is 10.8 Å². The minimum Gasteiger partial charge on any atom is -0.351 e. The Morgan fingerprint density at radius 1 is 1.09 bits per heavy atom. The van der Waals surface area contributed by atoms with Gasteiger partial charge in [0.05, 0.1) is 5.69 Å². The Bertz CT molecular complexity index is 1440. The fourth-order valence-electron chi connectivity index (χ4n) is 4.76. The average molecular weight is 489 g/mol. The highest BCUT2D eigenvalue weighted by molar-refractivity contribution is 6.33. The van der Waals surface area contributed by atoms with Crippen molar-refractivity contribution in [3.8, 4) is 22.4 Å². The summed E-state index contributed by atoms with van der Waals surface area (Å²) in [4.78, 5) is 27.3. The maximum Gasteiger partial charge on any atom is 0.260 e. The van der Waals surface area contributed by atoms with Crippen LogP contribution in [0.1, 0.15) is 38.3 Å². The van der Waals surface area contributed by atoms with Crippen LogP contribution in [-0.4, -0.2) is 31.6 Å². The number of pyridine rings is 2. The molecule has 7 nitrogen and oxygen atoms in total. The van der Waals surface area contributed by atoms with Crippen LogP contribution in [0.3, 0.4) is 0 Å². The van der Waals surface area contributed by atoms with Crippen LogP contribution < -0.4 is 16.6 Å². The lowest BCUT2D eigenvalue weighted by molar-refractivity contribution is 0.410. The van der Waals surface area contributed by atoms with Crippen LogP contribution in [0.4, 0.5) is 5.95 Å². The molecule has 1 fully saturated rings. The molecule has 0 aliphatic heterocycles. The predicted molar refractivity (Wildman–Crippen MR) is 142 cm³/mol. The minimum absolute atomic E-state index is 0.128. The Kier molecular flexibility index (Phi) is 6.54. The van der Waals surface area contributed by atoms with E-state index >= 15 is 0 Å². The summed E-state index contributed by atoms with van der Waals surface area (Å²) in [5.41, 5.74) is 10.4. The van der Waals surface area contributed by atoms with Crippen LogP contribution in [0.5, 0.6) is 0 Å². The third-order valence-electron chi connectivity index (χ3n) is 6.69. The molecule has 5 rings (SSSR count). The first-order valence-electron chi connectivity index (χ1n) is 12.1. The maximum absolute atomic E-state index is 13.5. The predicted octanol–water partition coefficient (Wildman–Crippen LogP) is 5.18. The molecule has 1 aromatic carbocycles. The number of hydrogen-bond acceptors (Lipinski definition) is 6. The van der Waals surface area contributed by atoms with Gasteiger partial charge in [-0.1, -0.05) is 29.8 Å². The standard InChI is InChI=1S/C27H29ClN6O/c1-3-34-25-18(15-30-27(33-25)32-20-10-8-19(29)9-11-20)13-22(26(34)35)21-12-7-17(14-23(21)28)24-6-4-5-16(2)31-24/h4-7,12-15,19-20H,3,8-11,29H2,1-2H3,(H,30,32,33)/t19-,20-. The van der Waals surface area contributed by atoms with E-state index in [-0.39, 0.29) is 11.6 Å². The number of rotatable bonds is 5. The minimum atomic E-state index is -0.128. The summed E-state index contributed by atoms with van der Waals surface area (Å²) < 4.78 is 1.68. The molecule has 0 unspecified atom stereocenters. The van der Waals surface area contributed by atoms with Gasteiger partial charge in [-0.2, -0.15) is 4.98 Å². The Hall–Kier alpha value is -3.29. The molecule has 3 heterocycles. The molecule has 0 saturated heterocycles. The van der Waals surface area contributed by atoms with Crippen LogP contribution in [0.2, 0.25) is 5.02 Å². The molecule has 1 saturated carbocycles. The zero-order valence-electron chi connectivity index (χ0n) is 20.0. The molecule has 180 valence electrons. The van der Waals surface area contributed by atoms with Crippen LogP contribution in [0.15, 0.2) is 53.5 Å². The van der Waals surface area contributed by atoms with Crippen molar-refractivity contribution >= 4 is 28.6 Å². The molecule has 0 atom stereocenters. The number of fused-ring (bicyclic) bond motifs is 1. The SMILES string of the molecule is CCn1c(=O)c(-c2ccc(-c3cccc(C)n3)cc2Cl)cc2cnc(N[C@H]3CC[C@H](N)CC3)nc21. The smallest absolute Gasteiger partial charge is 0.260 e. The molecule has 8 heteroatoms. The molecule has 35 heavy (non-hydrogen) atoms. The maximum atomic E-state index is 13.5. The lowest BCUT2D eigenvalue weighted by Gasteiger charge is -2.26. The van der Waals surface area contributed by atoms with Crippen LogP contribution in [0, 0.1) is 6.92 Å². The van der Waals surface area contributed by atoms with Gasteiger partial charge < -0.3 is 11.1 Å². The molecule has 0 radical (unpaired) electrons. The average Bonchev–Trinajstić information content (AvgIpc) is 2.85. The van der Waals surface area contributed by atoms with E-state index in [4.69, 9.17) is 22.3 Å².